The minimum atomic E-state index is -0.375. The summed E-state index contributed by atoms with van der Waals surface area (Å²) >= 11 is 3.29. The number of halogens is 1. The molecule has 1 heterocycles. The zero-order valence-electron chi connectivity index (χ0n) is 11.7. The number of hydrogen-bond donors (Lipinski definition) is 3. The van der Waals surface area contributed by atoms with Gasteiger partial charge in [0.2, 0.25) is 0 Å². The summed E-state index contributed by atoms with van der Waals surface area (Å²) in [6.45, 7) is 1.34. The second kappa shape index (κ2) is 7.15. The molecule has 0 unspecified atom stereocenters. The van der Waals surface area contributed by atoms with Gasteiger partial charge < -0.3 is 10.2 Å². The number of benzene rings is 1. The summed E-state index contributed by atoms with van der Waals surface area (Å²) in [5.41, 5.74) is 3.98. The molecule has 0 aliphatic rings. The summed E-state index contributed by atoms with van der Waals surface area (Å²) in [7, 11) is 0. The molecule has 0 atom stereocenters. The summed E-state index contributed by atoms with van der Waals surface area (Å²) in [4.78, 5) is 15.8. The van der Waals surface area contributed by atoms with E-state index in [0.717, 1.165) is 4.47 Å². The number of pyridine rings is 1. The molecular formula is C15H14BrN3O3. The fraction of sp³-hybridized carbons (Fsp3) is 0.133. The number of hydrogen-bond acceptors (Lipinski definition) is 5. The molecule has 0 aliphatic carbocycles. The number of carbonyl (C=O) groups excluding carboxylic acids is 1. The van der Waals surface area contributed by atoms with Crippen molar-refractivity contribution in [1.29, 1.82) is 0 Å². The lowest BCUT2D eigenvalue weighted by molar-refractivity contribution is 0.0955. The number of aliphatic hydroxyl groups excluding tert-OH is 1. The van der Waals surface area contributed by atoms with Crippen molar-refractivity contribution >= 4 is 28.1 Å². The summed E-state index contributed by atoms with van der Waals surface area (Å²) < 4.78 is 0.873. The topological polar surface area (TPSA) is 94.8 Å². The van der Waals surface area contributed by atoms with Crippen LogP contribution in [-0.4, -0.2) is 27.3 Å². The van der Waals surface area contributed by atoms with E-state index in [-0.39, 0.29) is 18.3 Å². The van der Waals surface area contributed by atoms with Crippen LogP contribution in [0, 0.1) is 6.92 Å². The fourth-order valence-corrected chi connectivity index (χ4v) is 2.01. The molecule has 1 aromatic carbocycles. The van der Waals surface area contributed by atoms with Gasteiger partial charge in [-0.3, -0.25) is 9.78 Å². The van der Waals surface area contributed by atoms with E-state index in [0.29, 0.717) is 22.4 Å². The van der Waals surface area contributed by atoms with Gasteiger partial charge in [-0.25, -0.2) is 5.43 Å². The second-order valence-electron chi connectivity index (χ2n) is 4.50. The molecule has 114 valence electrons. The Balaban J connectivity index is 2.14. The molecule has 0 fully saturated rings. The average molecular weight is 364 g/mol. The Hall–Kier alpha value is -2.25. The van der Waals surface area contributed by atoms with Crippen molar-refractivity contribution in [2.45, 2.75) is 13.5 Å². The van der Waals surface area contributed by atoms with E-state index < -0.39 is 0 Å². The Kier molecular flexibility index (Phi) is 5.24. The molecule has 1 aromatic heterocycles. The van der Waals surface area contributed by atoms with Gasteiger partial charge in [0.1, 0.15) is 5.75 Å². The third kappa shape index (κ3) is 3.69. The van der Waals surface area contributed by atoms with Crippen LogP contribution in [-0.2, 0) is 6.61 Å². The molecule has 3 N–H and O–H groups in total. The predicted octanol–water partition coefficient (Wildman–Crippen LogP) is 2.11. The van der Waals surface area contributed by atoms with Crippen molar-refractivity contribution in [1.82, 2.24) is 10.4 Å². The number of aromatic hydroxyl groups is 1. The molecule has 1 amide bonds. The number of amides is 1. The maximum absolute atomic E-state index is 11.9. The summed E-state index contributed by atoms with van der Waals surface area (Å²) in [5.74, 6) is -0.451. The lowest BCUT2D eigenvalue weighted by Crippen LogP contribution is -2.17. The molecule has 0 aliphatic heterocycles. The van der Waals surface area contributed by atoms with E-state index in [1.807, 2.05) is 0 Å². The lowest BCUT2D eigenvalue weighted by atomic mass is 10.1. The minimum Gasteiger partial charge on any atom is -0.505 e. The van der Waals surface area contributed by atoms with Crippen LogP contribution in [0.15, 0.2) is 40.0 Å². The number of nitrogens with zero attached hydrogens (tertiary/aromatic N) is 2. The summed E-state index contributed by atoms with van der Waals surface area (Å²) in [6.07, 6.45) is 2.74. The number of carbonyl (C=O) groups is 1. The Morgan fingerprint density at radius 2 is 2.09 bits per heavy atom. The van der Waals surface area contributed by atoms with E-state index >= 15 is 0 Å². The number of aromatic nitrogens is 1. The van der Waals surface area contributed by atoms with Gasteiger partial charge in [-0.15, -0.1) is 0 Å². The Labute approximate surface area is 135 Å². The second-order valence-corrected chi connectivity index (χ2v) is 5.41. The molecule has 2 rings (SSSR count). The van der Waals surface area contributed by atoms with Gasteiger partial charge in [0.05, 0.1) is 18.5 Å². The number of hydrazone groups is 1. The molecule has 7 heteroatoms. The van der Waals surface area contributed by atoms with Crippen LogP contribution in [0.3, 0.4) is 0 Å². The first-order valence-electron chi connectivity index (χ1n) is 6.40. The van der Waals surface area contributed by atoms with Crippen LogP contribution < -0.4 is 5.43 Å². The Bertz CT molecular complexity index is 715. The van der Waals surface area contributed by atoms with Crippen molar-refractivity contribution in [2.24, 2.45) is 5.10 Å². The lowest BCUT2D eigenvalue weighted by Gasteiger charge is -2.07. The smallest absolute Gasteiger partial charge is 0.271 e. The van der Waals surface area contributed by atoms with Crippen LogP contribution in [0.1, 0.15) is 27.2 Å². The van der Waals surface area contributed by atoms with E-state index in [1.165, 1.54) is 12.4 Å². The van der Waals surface area contributed by atoms with E-state index in [2.05, 4.69) is 31.4 Å². The molecule has 0 saturated carbocycles. The highest BCUT2D eigenvalue weighted by Gasteiger charge is 2.09. The molecule has 0 radical (unpaired) electrons. The molecule has 0 spiro atoms. The van der Waals surface area contributed by atoms with Crippen molar-refractivity contribution in [3.63, 3.8) is 0 Å². The van der Waals surface area contributed by atoms with Crippen molar-refractivity contribution in [3.8, 4) is 5.75 Å². The Morgan fingerprint density at radius 3 is 2.73 bits per heavy atom. The highest BCUT2D eigenvalue weighted by molar-refractivity contribution is 9.10. The van der Waals surface area contributed by atoms with Crippen LogP contribution in [0.25, 0.3) is 0 Å². The highest BCUT2D eigenvalue weighted by Crippen LogP contribution is 2.21. The molecular weight excluding hydrogens is 350 g/mol. The van der Waals surface area contributed by atoms with Gasteiger partial charge in [0, 0.05) is 27.4 Å². The third-order valence-corrected chi connectivity index (χ3v) is 3.52. The zero-order valence-corrected chi connectivity index (χ0v) is 13.3. The van der Waals surface area contributed by atoms with Crippen LogP contribution in [0.2, 0.25) is 0 Å². The van der Waals surface area contributed by atoms with Gasteiger partial charge in [0.25, 0.3) is 5.91 Å². The van der Waals surface area contributed by atoms with E-state index in [9.17, 15) is 15.0 Å². The van der Waals surface area contributed by atoms with Crippen molar-refractivity contribution in [2.75, 3.05) is 0 Å². The molecule has 0 bridgehead atoms. The quantitative estimate of drug-likeness (QED) is 0.572. The molecule has 22 heavy (non-hydrogen) atoms. The summed E-state index contributed by atoms with van der Waals surface area (Å²) in [6, 6.07) is 6.81. The van der Waals surface area contributed by atoms with Crippen LogP contribution in [0.5, 0.6) is 5.75 Å². The molecule has 0 saturated heterocycles. The van der Waals surface area contributed by atoms with Crippen molar-refractivity contribution in [3.05, 3.63) is 57.3 Å². The first-order valence-corrected chi connectivity index (χ1v) is 7.19. The molecule has 2 aromatic rings. The van der Waals surface area contributed by atoms with Gasteiger partial charge in [-0.05, 0) is 31.2 Å². The number of aliphatic hydroxyl groups is 1. The minimum absolute atomic E-state index is 0.0757. The van der Waals surface area contributed by atoms with Gasteiger partial charge in [-0.1, -0.05) is 15.9 Å². The standard InChI is InChI=1S/C15H14BrN3O3/c1-9-14(21)13(11(8-20)6-17-9)7-18-19-15(22)10-2-4-12(16)5-3-10/h2-7,20-21H,8H2,1H3,(H,19,22). The van der Waals surface area contributed by atoms with Crippen LogP contribution >= 0.6 is 15.9 Å². The monoisotopic (exact) mass is 363 g/mol. The number of aryl methyl sites for hydroxylation is 1. The summed E-state index contributed by atoms with van der Waals surface area (Å²) in [5, 5.41) is 23.0. The zero-order chi connectivity index (χ0) is 16.1. The highest BCUT2D eigenvalue weighted by atomic mass is 79.9. The first kappa shape index (κ1) is 16.1. The third-order valence-electron chi connectivity index (χ3n) is 2.99. The number of nitrogens with one attached hydrogen (secondary N) is 1. The Morgan fingerprint density at radius 1 is 1.41 bits per heavy atom. The van der Waals surface area contributed by atoms with E-state index in [4.69, 9.17) is 0 Å². The molecule has 6 nitrogen and oxygen atoms in total. The van der Waals surface area contributed by atoms with Gasteiger partial charge in [-0.2, -0.15) is 5.10 Å². The van der Waals surface area contributed by atoms with E-state index in [1.54, 1.807) is 31.2 Å². The van der Waals surface area contributed by atoms with Crippen LogP contribution in [0.4, 0.5) is 0 Å². The fourth-order valence-electron chi connectivity index (χ4n) is 1.74. The average Bonchev–Trinajstić information content (AvgIpc) is 2.52. The van der Waals surface area contributed by atoms with Crippen molar-refractivity contribution < 1.29 is 15.0 Å². The predicted molar refractivity (Wildman–Crippen MR) is 85.8 cm³/mol. The number of rotatable bonds is 4. The first-order chi connectivity index (χ1) is 10.5. The van der Waals surface area contributed by atoms with Gasteiger partial charge >= 0.3 is 0 Å². The normalized spacial score (nSPS) is 10.9. The SMILES string of the molecule is Cc1ncc(CO)c(C=NNC(=O)c2ccc(Br)cc2)c1O. The maximum Gasteiger partial charge on any atom is 0.271 e. The maximum atomic E-state index is 11.9. The largest absolute Gasteiger partial charge is 0.505 e. The van der Waals surface area contributed by atoms with Gasteiger partial charge in [0.15, 0.2) is 0 Å².